The molecule has 180 valence electrons. The summed E-state index contributed by atoms with van der Waals surface area (Å²) in [7, 11) is 0. The molecule has 0 aromatic heterocycles. The van der Waals surface area contributed by atoms with Gasteiger partial charge in [0, 0.05) is 12.3 Å². The molecule has 2 aliphatic carbocycles. The number of carboxylic acid groups (broad SMARTS) is 1. The SMILES string of the molecule is CCCC(NC(=O)CC1(NC(=O)OCC2c3ccccc3-c3ccccc32)CCCC1)C(=O)O. The van der Waals surface area contributed by atoms with E-state index in [4.69, 9.17) is 4.74 Å². The Morgan fingerprint density at radius 3 is 2.18 bits per heavy atom. The Morgan fingerprint density at radius 1 is 1.03 bits per heavy atom. The second-order valence-corrected chi connectivity index (χ2v) is 9.36. The zero-order valence-electron chi connectivity index (χ0n) is 19.5. The van der Waals surface area contributed by atoms with Gasteiger partial charge in [-0.2, -0.15) is 0 Å². The van der Waals surface area contributed by atoms with Crippen LogP contribution in [0.25, 0.3) is 11.1 Å². The number of aliphatic carboxylic acids is 1. The molecular weight excluding hydrogens is 432 g/mol. The van der Waals surface area contributed by atoms with E-state index in [1.807, 2.05) is 31.2 Å². The van der Waals surface area contributed by atoms with E-state index in [2.05, 4.69) is 34.9 Å². The quantitative estimate of drug-likeness (QED) is 0.503. The van der Waals surface area contributed by atoms with Gasteiger partial charge in [0.25, 0.3) is 0 Å². The van der Waals surface area contributed by atoms with Crippen LogP contribution >= 0.6 is 0 Å². The van der Waals surface area contributed by atoms with Crippen LogP contribution in [0.15, 0.2) is 48.5 Å². The van der Waals surface area contributed by atoms with Crippen molar-refractivity contribution in [3.63, 3.8) is 0 Å². The highest BCUT2D eigenvalue weighted by Crippen LogP contribution is 2.44. The second-order valence-electron chi connectivity index (χ2n) is 9.36. The molecule has 3 N–H and O–H groups in total. The summed E-state index contributed by atoms with van der Waals surface area (Å²) in [6.45, 7) is 2.08. The number of alkyl carbamates (subject to hydrolysis) is 1. The van der Waals surface area contributed by atoms with Crippen molar-refractivity contribution in [1.29, 1.82) is 0 Å². The van der Waals surface area contributed by atoms with Crippen molar-refractivity contribution in [2.45, 2.75) is 69.4 Å². The van der Waals surface area contributed by atoms with Crippen LogP contribution in [-0.2, 0) is 14.3 Å². The molecule has 2 aliphatic rings. The molecule has 1 saturated carbocycles. The van der Waals surface area contributed by atoms with Gasteiger partial charge in [-0.3, -0.25) is 4.79 Å². The topological polar surface area (TPSA) is 105 Å². The fraction of sp³-hybridized carbons (Fsp3) is 0.444. The van der Waals surface area contributed by atoms with Crippen molar-refractivity contribution >= 4 is 18.0 Å². The summed E-state index contributed by atoms with van der Waals surface area (Å²) in [5, 5.41) is 14.9. The average Bonchev–Trinajstić information content (AvgIpc) is 3.39. The summed E-state index contributed by atoms with van der Waals surface area (Å²) in [6.07, 6.45) is 3.65. The van der Waals surface area contributed by atoms with Crippen LogP contribution in [0.1, 0.15) is 68.9 Å². The fourth-order valence-corrected chi connectivity index (χ4v) is 5.35. The summed E-state index contributed by atoms with van der Waals surface area (Å²) in [4.78, 5) is 36.9. The molecule has 0 aliphatic heterocycles. The highest BCUT2D eigenvalue weighted by molar-refractivity contribution is 5.85. The fourth-order valence-electron chi connectivity index (χ4n) is 5.35. The van der Waals surface area contributed by atoms with Gasteiger partial charge in [-0.05, 0) is 41.5 Å². The molecule has 7 nitrogen and oxygen atoms in total. The minimum atomic E-state index is -1.04. The van der Waals surface area contributed by atoms with E-state index in [1.54, 1.807) is 0 Å². The Balaban J connectivity index is 1.39. The lowest BCUT2D eigenvalue weighted by atomic mass is 9.92. The normalized spacial score (nSPS) is 16.9. The molecule has 34 heavy (non-hydrogen) atoms. The summed E-state index contributed by atoms with van der Waals surface area (Å²) >= 11 is 0. The van der Waals surface area contributed by atoms with Gasteiger partial charge in [-0.15, -0.1) is 0 Å². The summed E-state index contributed by atoms with van der Waals surface area (Å²) in [5.41, 5.74) is 3.90. The highest BCUT2D eigenvalue weighted by Gasteiger charge is 2.39. The van der Waals surface area contributed by atoms with E-state index in [0.717, 1.165) is 35.1 Å². The van der Waals surface area contributed by atoms with Crippen LogP contribution in [0.4, 0.5) is 4.79 Å². The van der Waals surface area contributed by atoms with Gasteiger partial charge >= 0.3 is 12.1 Å². The summed E-state index contributed by atoms with van der Waals surface area (Å²) in [6, 6.07) is 15.4. The van der Waals surface area contributed by atoms with Crippen LogP contribution < -0.4 is 10.6 Å². The molecule has 0 saturated heterocycles. The predicted molar refractivity (Wildman–Crippen MR) is 128 cm³/mol. The Bertz CT molecular complexity index is 1010. The van der Waals surface area contributed by atoms with Crippen LogP contribution in [0.3, 0.4) is 0 Å². The first kappa shape index (κ1) is 23.8. The third-order valence-electron chi connectivity index (χ3n) is 6.98. The number of carbonyl (C=O) groups excluding carboxylic acids is 2. The molecule has 1 unspecified atom stereocenters. The molecule has 2 aromatic rings. The van der Waals surface area contributed by atoms with Crippen LogP contribution in [0.2, 0.25) is 0 Å². The molecule has 0 bridgehead atoms. The lowest BCUT2D eigenvalue weighted by Gasteiger charge is -2.30. The smallest absolute Gasteiger partial charge is 0.407 e. The van der Waals surface area contributed by atoms with E-state index in [0.29, 0.717) is 25.7 Å². The zero-order chi connectivity index (χ0) is 24.1. The number of ether oxygens (including phenoxy) is 1. The Morgan fingerprint density at radius 2 is 1.62 bits per heavy atom. The lowest BCUT2D eigenvalue weighted by Crippen LogP contribution is -2.51. The monoisotopic (exact) mass is 464 g/mol. The van der Waals surface area contributed by atoms with Gasteiger partial charge in [-0.25, -0.2) is 9.59 Å². The number of carboxylic acids is 1. The van der Waals surface area contributed by atoms with Crippen molar-refractivity contribution in [3.8, 4) is 11.1 Å². The first-order valence-electron chi connectivity index (χ1n) is 12.1. The van der Waals surface area contributed by atoms with Gasteiger partial charge < -0.3 is 20.5 Å². The standard InChI is InChI=1S/C27H32N2O5/c1-2-9-23(25(31)32)28-24(30)16-27(14-7-8-15-27)29-26(33)34-17-22-20-12-5-3-10-18(20)19-11-4-6-13-21(19)22/h3-6,10-13,22-23H,2,7-9,14-17H2,1H3,(H,28,30)(H,29,33)(H,31,32). The minimum absolute atomic E-state index is 0.0358. The van der Waals surface area contributed by atoms with Crippen molar-refractivity contribution < 1.29 is 24.2 Å². The molecular formula is C27H32N2O5. The third-order valence-corrected chi connectivity index (χ3v) is 6.98. The molecule has 1 fully saturated rings. The number of fused-ring (bicyclic) bond motifs is 3. The van der Waals surface area contributed by atoms with Gasteiger partial charge in [0.1, 0.15) is 12.6 Å². The number of nitrogens with one attached hydrogen (secondary N) is 2. The zero-order valence-corrected chi connectivity index (χ0v) is 19.5. The van der Waals surface area contributed by atoms with Crippen LogP contribution in [0.5, 0.6) is 0 Å². The third kappa shape index (κ3) is 5.08. The maximum atomic E-state index is 12.8. The van der Waals surface area contributed by atoms with E-state index < -0.39 is 23.6 Å². The number of hydrogen-bond donors (Lipinski definition) is 3. The van der Waals surface area contributed by atoms with E-state index in [-0.39, 0.29) is 24.9 Å². The number of carbonyl (C=O) groups is 3. The summed E-state index contributed by atoms with van der Waals surface area (Å²) in [5.74, 6) is -1.44. The molecule has 2 amide bonds. The predicted octanol–water partition coefficient (Wildman–Crippen LogP) is 4.60. The van der Waals surface area contributed by atoms with Crippen molar-refractivity contribution in [2.24, 2.45) is 0 Å². The number of rotatable bonds is 9. The van der Waals surface area contributed by atoms with E-state index in [1.165, 1.54) is 0 Å². The van der Waals surface area contributed by atoms with Gasteiger partial charge in [-0.1, -0.05) is 74.7 Å². The van der Waals surface area contributed by atoms with E-state index >= 15 is 0 Å². The molecule has 4 rings (SSSR count). The lowest BCUT2D eigenvalue weighted by molar-refractivity contribution is -0.142. The Labute approximate surface area is 199 Å². The molecule has 0 spiro atoms. The van der Waals surface area contributed by atoms with Crippen LogP contribution in [0, 0.1) is 0 Å². The maximum absolute atomic E-state index is 12.8. The largest absolute Gasteiger partial charge is 0.480 e. The number of hydrogen-bond acceptors (Lipinski definition) is 4. The van der Waals surface area contributed by atoms with Crippen molar-refractivity contribution in [2.75, 3.05) is 6.61 Å². The van der Waals surface area contributed by atoms with Crippen molar-refractivity contribution in [3.05, 3.63) is 59.7 Å². The highest BCUT2D eigenvalue weighted by atomic mass is 16.5. The second kappa shape index (κ2) is 10.3. The van der Waals surface area contributed by atoms with Crippen LogP contribution in [-0.4, -0.2) is 41.3 Å². The molecule has 0 radical (unpaired) electrons. The Kier molecular flexibility index (Phi) is 7.20. The van der Waals surface area contributed by atoms with Gasteiger partial charge in [0.15, 0.2) is 0 Å². The molecule has 2 aromatic carbocycles. The van der Waals surface area contributed by atoms with Crippen molar-refractivity contribution in [1.82, 2.24) is 10.6 Å². The molecule has 7 heteroatoms. The number of benzene rings is 2. The Hall–Kier alpha value is -3.35. The molecule has 1 atom stereocenters. The van der Waals surface area contributed by atoms with E-state index in [9.17, 15) is 19.5 Å². The first-order chi connectivity index (χ1) is 16.4. The minimum Gasteiger partial charge on any atom is -0.480 e. The molecule has 0 heterocycles. The number of amides is 2. The van der Waals surface area contributed by atoms with Gasteiger partial charge in [0.05, 0.1) is 5.54 Å². The average molecular weight is 465 g/mol. The van der Waals surface area contributed by atoms with Gasteiger partial charge in [0.2, 0.25) is 5.91 Å². The first-order valence-corrected chi connectivity index (χ1v) is 12.1. The maximum Gasteiger partial charge on any atom is 0.407 e. The summed E-state index contributed by atoms with van der Waals surface area (Å²) < 4.78 is 5.69.